The highest BCUT2D eigenvalue weighted by atomic mass is 32.2. The normalized spacial score (nSPS) is 11.9. The fraction of sp³-hybridized carbons (Fsp3) is 0.227. The maximum atomic E-state index is 13.7. The average Bonchev–Trinajstić information content (AvgIpc) is 2.70. The quantitative estimate of drug-likeness (QED) is 0.627. The van der Waals surface area contributed by atoms with E-state index in [1.54, 1.807) is 31.2 Å². The minimum Gasteiger partial charge on any atom is -0.351 e. The van der Waals surface area contributed by atoms with Gasteiger partial charge in [-0.2, -0.15) is 9.78 Å². The summed E-state index contributed by atoms with van der Waals surface area (Å²) >= 11 is 1.24. The molecule has 1 unspecified atom stereocenters. The Morgan fingerprint density at radius 2 is 1.90 bits per heavy atom. The van der Waals surface area contributed by atoms with Crippen LogP contribution in [0.1, 0.15) is 23.6 Å². The Hall–Kier alpha value is -2.93. The standard InChI is InChI=1S/C22H22FN3O2S/c1-14-8-9-18(12-15(14)2)26-21(27)11-10-20(25-26)29-16(3)22(28)24-13-17-6-4-5-7-19(17)23/h4-12,16H,13H2,1-3H3,(H,24,28). The lowest BCUT2D eigenvalue weighted by molar-refractivity contribution is -0.120. The van der Waals surface area contributed by atoms with E-state index in [9.17, 15) is 14.0 Å². The second-order valence-electron chi connectivity index (χ2n) is 6.76. The minimum atomic E-state index is -0.458. The molecule has 29 heavy (non-hydrogen) atoms. The number of rotatable bonds is 6. The first-order valence-electron chi connectivity index (χ1n) is 9.21. The Kier molecular flexibility index (Phi) is 6.49. The number of carbonyl (C=O) groups excluding carboxylic acids is 1. The van der Waals surface area contributed by atoms with Crippen LogP contribution in [-0.2, 0) is 11.3 Å². The summed E-state index contributed by atoms with van der Waals surface area (Å²) < 4.78 is 15.0. The van der Waals surface area contributed by atoms with Gasteiger partial charge >= 0.3 is 0 Å². The van der Waals surface area contributed by atoms with E-state index >= 15 is 0 Å². The first-order chi connectivity index (χ1) is 13.8. The van der Waals surface area contributed by atoms with Crippen LogP contribution in [0.5, 0.6) is 0 Å². The van der Waals surface area contributed by atoms with Crippen molar-refractivity contribution in [2.24, 2.45) is 0 Å². The lowest BCUT2D eigenvalue weighted by Crippen LogP contribution is -2.31. The molecule has 0 fully saturated rings. The highest BCUT2D eigenvalue weighted by Crippen LogP contribution is 2.21. The van der Waals surface area contributed by atoms with Crippen molar-refractivity contribution in [3.8, 4) is 5.69 Å². The van der Waals surface area contributed by atoms with Crippen molar-refractivity contribution in [1.82, 2.24) is 15.1 Å². The summed E-state index contributed by atoms with van der Waals surface area (Å²) in [5.41, 5.74) is 3.06. The molecule has 3 aromatic rings. The van der Waals surface area contributed by atoms with E-state index in [4.69, 9.17) is 0 Å². The molecule has 1 heterocycles. The van der Waals surface area contributed by atoms with Gasteiger partial charge in [-0.1, -0.05) is 36.0 Å². The minimum absolute atomic E-state index is 0.117. The third-order valence-electron chi connectivity index (χ3n) is 4.59. The molecule has 1 aromatic heterocycles. The van der Waals surface area contributed by atoms with E-state index in [-0.39, 0.29) is 23.8 Å². The zero-order valence-electron chi connectivity index (χ0n) is 16.5. The van der Waals surface area contributed by atoms with Crippen LogP contribution >= 0.6 is 11.8 Å². The third-order valence-corrected chi connectivity index (χ3v) is 5.62. The van der Waals surface area contributed by atoms with Crippen molar-refractivity contribution in [3.05, 3.63) is 87.5 Å². The summed E-state index contributed by atoms with van der Waals surface area (Å²) in [5.74, 6) is -0.584. The summed E-state index contributed by atoms with van der Waals surface area (Å²) in [5, 5.41) is 7.22. The molecule has 5 nitrogen and oxygen atoms in total. The van der Waals surface area contributed by atoms with Crippen LogP contribution in [0.25, 0.3) is 5.69 Å². The van der Waals surface area contributed by atoms with Crippen LogP contribution in [0.15, 0.2) is 64.4 Å². The maximum absolute atomic E-state index is 13.7. The van der Waals surface area contributed by atoms with Crippen molar-refractivity contribution in [3.63, 3.8) is 0 Å². The van der Waals surface area contributed by atoms with Crippen LogP contribution in [-0.4, -0.2) is 20.9 Å². The van der Waals surface area contributed by atoms with Gasteiger partial charge in [-0.25, -0.2) is 4.39 Å². The number of thioether (sulfide) groups is 1. The SMILES string of the molecule is Cc1ccc(-n2nc(SC(C)C(=O)NCc3ccccc3F)ccc2=O)cc1C. The van der Waals surface area contributed by atoms with Gasteiger partial charge in [0.05, 0.1) is 10.9 Å². The molecular formula is C22H22FN3O2S. The van der Waals surface area contributed by atoms with Crippen molar-refractivity contribution in [2.45, 2.75) is 37.6 Å². The smallest absolute Gasteiger partial charge is 0.271 e. The summed E-state index contributed by atoms with van der Waals surface area (Å²) in [7, 11) is 0. The number of hydrogen-bond donors (Lipinski definition) is 1. The number of amides is 1. The number of benzene rings is 2. The second kappa shape index (κ2) is 9.05. The van der Waals surface area contributed by atoms with E-state index in [1.165, 1.54) is 28.6 Å². The Morgan fingerprint density at radius 1 is 1.14 bits per heavy atom. The van der Waals surface area contributed by atoms with Gasteiger partial charge in [-0.3, -0.25) is 9.59 Å². The molecule has 1 amide bonds. The Bertz CT molecular complexity index is 1100. The molecular weight excluding hydrogens is 389 g/mol. The predicted octanol–water partition coefficient (Wildman–Crippen LogP) is 3.79. The first-order valence-corrected chi connectivity index (χ1v) is 10.1. The fourth-order valence-corrected chi connectivity index (χ4v) is 3.53. The molecule has 3 rings (SSSR count). The third kappa shape index (κ3) is 5.12. The molecule has 1 N–H and O–H groups in total. The summed E-state index contributed by atoms with van der Waals surface area (Å²) in [4.78, 5) is 24.6. The van der Waals surface area contributed by atoms with E-state index in [1.807, 2.05) is 32.0 Å². The maximum Gasteiger partial charge on any atom is 0.271 e. The number of hydrogen-bond acceptors (Lipinski definition) is 4. The molecule has 0 bridgehead atoms. The van der Waals surface area contributed by atoms with Crippen molar-refractivity contribution >= 4 is 17.7 Å². The highest BCUT2D eigenvalue weighted by molar-refractivity contribution is 8.00. The molecule has 0 aliphatic rings. The molecule has 0 aliphatic carbocycles. The number of carbonyl (C=O) groups is 1. The van der Waals surface area contributed by atoms with Crippen LogP contribution in [0.4, 0.5) is 4.39 Å². The molecule has 7 heteroatoms. The largest absolute Gasteiger partial charge is 0.351 e. The fourth-order valence-electron chi connectivity index (χ4n) is 2.70. The zero-order valence-corrected chi connectivity index (χ0v) is 17.3. The van der Waals surface area contributed by atoms with Crippen LogP contribution in [0.2, 0.25) is 0 Å². The molecule has 0 saturated carbocycles. The van der Waals surface area contributed by atoms with Gasteiger partial charge in [0.15, 0.2) is 0 Å². The summed E-state index contributed by atoms with van der Waals surface area (Å²) in [6.07, 6.45) is 0. The van der Waals surface area contributed by atoms with Crippen LogP contribution in [0, 0.1) is 19.7 Å². The van der Waals surface area contributed by atoms with E-state index in [2.05, 4.69) is 10.4 Å². The molecule has 0 aliphatic heterocycles. The number of nitrogens with one attached hydrogen (secondary N) is 1. The molecule has 0 saturated heterocycles. The topological polar surface area (TPSA) is 64.0 Å². The van der Waals surface area contributed by atoms with E-state index in [0.29, 0.717) is 16.3 Å². The molecule has 1 atom stereocenters. The lowest BCUT2D eigenvalue weighted by atomic mass is 10.1. The monoisotopic (exact) mass is 411 g/mol. The highest BCUT2D eigenvalue weighted by Gasteiger charge is 2.16. The van der Waals surface area contributed by atoms with Crippen molar-refractivity contribution < 1.29 is 9.18 Å². The zero-order chi connectivity index (χ0) is 21.0. The van der Waals surface area contributed by atoms with Gasteiger partial charge in [-0.15, -0.1) is 0 Å². The van der Waals surface area contributed by atoms with Gasteiger partial charge in [-0.05, 0) is 56.2 Å². The summed E-state index contributed by atoms with van der Waals surface area (Å²) in [6.45, 7) is 5.84. The average molecular weight is 412 g/mol. The Morgan fingerprint density at radius 3 is 2.62 bits per heavy atom. The molecule has 0 spiro atoms. The molecule has 0 radical (unpaired) electrons. The van der Waals surface area contributed by atoms with Gasteiger partial charge in [0.1, 0.15) is 10.8 Å². The van der Waals surface area contributed by atoms with Crippen LogP contribution in [0.3, 0.4) is 0 Å². The number of nitrogens with zero attached hydrogens (tertiary/aromatic N) is 2. The number of aryl methyl sites for hydroxylation is 2. The van der Waals surface area contributed by atoms with Crippen LogP contribution < -0.4 is 10.9 Å². The predicted molar refractivity (Wildman–Crippen MR) is 113 cm³/mol. The lowest BCUT2D eigenvalue weighted by Gasteiger charge is -2.13. The van der Waals surface area contributed by atoms with Gasteiger partial charge in [0.25, 0.3) is 5.56 Å². The molecule has 2 aromatic carbocycles. The molecule has 150 valence electrons. The summed E-state index contributed by atoms with van der Waals surface area (Å²) in [6, 6.07) is 15.1. The van der Waals surface area contributed by atoms with Crippen molar-refractivity contribution in [1.29, 1.82) is 0 Å². The second-order valence-corrected chi connectivity index (χ2v) is 8.12. The Labute approximate surface area is 173 Å². The van der Waals surface area contributed by atoms with Gasteiger partial charge < -0.3 is 5.32 Å². The van der Waals surface area contributed by atoms with Gasteiger partial charge in [0.2, 0.25) is 5.91 Å². The first kappa shape index (κ1) is 20.8. The van der Waals surface area contributed by atoms with Gasteiger partial charge in [0, 0.05) is 18.2 Å². The van der Waals surface area contributed by atoms with E-state index < -0.39 is 5.25 Å². The Balaban J connectivity index is 1.71. The van der Waals surface area contributed by atoms with Crippen molar-refractivity contribution in [2.75, 3.05) is 0 Å². The number of halogens is 1. The van der Waals surface area contributed by atoms with E-state index in [0.717, 1.165) is 11.1 Å². The number of aromatic nitrogens is 2.